The third-order valence-corrected chi connectivity index (χ3v) is 6.77. The van der Waals surface area contributed by atoms with E-state index in [1.54, 1.807) is 48.5 Å². The number of allylic oxidation sites excluding steroid dienone is 5. The van der Waals surface area contributed by atoms with Gasteiger partial charge in [0.1, 0.15) is 5.60 Å². The average Bonchev–Trinajstić information content (AvgIpc) is 3.07. The fraction of sp³-hybridized carbons (Fsp3) is 0.600. The second-order valence-electron chi connectivity index (χ2n) is 10.3. The predicted octanol–water partition coefficient (Wildman–Crippen LogP) is 5.03. The topological polar surface area (TPSA) is 109 Å². The summed E-state index contributed by atoms with van der Waals surface area (Å²) in [5, 5.41) is 10.9. The minimum absolute atomic E-state index is 0.0143. The van der Waals surface area contributed by atoms with Gasteiger partial charge in [-0.15, -0.1) is 0 Å². The van der Waals surface area contributed by atoms with Crippen molar-refractivity contribution in [2.75, 3.05) is 6.61 Å². The molecule has 2 atom stereocenters. The molecule has 1 unspecified atom stereocenters. The lowest BCUT2D eigenvalue weighted by Gasteiger charge is -2.37. The number of halogens is 3. The second kappa shape index (κ2) is 11.2. The van der Waals surface area contributed by atoms with E-state index in [1.807, 2.05) is 0 Å². The Bertz CT molecular complexity index is 1030. The molecule has 0 bridgehead atoms. The Labute approximate surface area is 218 Å². The van der Waals surface area contributed by atoms with Crippen LogP contribution in [0.25, 0.3) is 0 Å². The number of Topliss-reactive ketones (excluding diaryl/α,β-unsaturated/α-hetero) is 1. The standard InChI is InChI=1S/C25H34BrF2N3O5/c1-8-35-22(33)19(30-12-15-14(21(27)28)11-16(26)13(2)18(15)29)20(32)17-9-10-25(6,7)31(17)23(34)36-24(3,4)5/h11-12,17,19,21,29-30H,8-10H2,1-7H3/b15-12-,29-18?/t17-,19?/m0/s1. The first kappa shape index (κ1) is 29.7. The van der Waals surface area contributed by atoms with Crippen LogP contribution in [0.3, 0.4) is 0 Å². The maximum absolute atomic E-state index is 13.7. The van der Waals surface area contributed by atoms with Crippen molar-refractivity contribution in [1.29, 1.82) is 5.41 Å². The van der Waals surface area contributed by atoms with Crippen molar-refractivity contribution in [2.45, 2.75) is 91.0 Å². The van der Waals surface area contributed by atoms with Crippen LogP contribution in [-0.2, 0) is 19.1 Å². The molecule has 2 N–H and O–H groups in total. The van der Waals surface area contributed by atoms with Crippen LogP contribution in [0.5, 0.6) is 0 Å². The largest absolute Gasteiger partial charge is 0.464 e. The number of esters is 1. The molecule has 36 heavy (non-hydrogen) atoms. The number of ketones is 1. The van der Waals surface area contributed by atoms with E-state index in [0.29, 0.717) is 16.5 Å². The van der Waals surface area contributed by atoms with E-state index in [-0.39, 0.29) is 24.3 Å². The molecular formula is C25H34BrF2N3O5. The Morgan fingerprint density at radius 3 is 2.47 bits per heavy atom. The molecule has 2 aliphatic rings. The lowest BCUT2D eigenvalue weighted by atomic mass is 9.92. The van der Waals surface area contributed by atoms with Gasteiger partial charge < -0.3 is 14.8 Å². The molecule has 0 aromatic heterocycles. The van der Waals surface area contributed by atoms with Gasteiger partial charge in [-0.1, -0.05) is 15.9 Å². The molecule has 1 aliphatic heterocycles. The van der Waals surface area contributed by atoms with Crippen LogP contribution >= 0.6 is 15.9 Å². The zero-order valence-corrected chi connectivity index (χ0v) is 23.2. The monoisotopic (exact) mass is 573 g/mol. The van der Waals surface area contributed by atoms with E-state index in [9.17, 15) is 23.2 Å². The molecule has 8 nitrogen and oxygen atoms in total. The number of hydrogen-bond donors (Lipinski definition) is 2. The molecule has 1 heterocycles. The summed E-state index contributed by atoms with van der Waals surface area (Å²) >= 11 is 3.18. The van der Waals surface area contributed by atoms with E-state index in [4.69, 9.17) is 14.9 Å². The number of nitrogens with zero attached hydrogens (tertiary/aromatic N) is 1. The lowest BCUT2D eigenvalue weighted by molar-refractivity contribution is -0.149. The molecule has 1 aliphatic carbocycles. The third-order valence-electron chi connectivity index (χ3n) is 5.94. The van der Waals surface area contributed by atoms with E-state index >= 15 is 0 Å². The highest BCUT2D eigenvalue weighted by molar-refractivity contribution is 9.12. The molecular weight excluding hydrogens is 540 g/mol. The number of carbonyl (C=O) groups is 3. The summed E-state index contributed by atoms with van der Waals surface area (Å²) in [6.45, 7) is 11.9. The highest BCUT2D eigenvalue weighted by Crippen LogP contribution is 2.36. The molecule has 200 valence electrons. The number of rotatable bonds is 7. The number of amides is 1. The molecule has 0 aromatic carbocycles. The van der Waals surface area contributed by atoms with Gasteiger partial charge in [-0.3, -0.25) is 15.1 Å². The van der Waals surface area contributed by atoms with E-state index in [0.717, 1.165) is 6.20 Å². The summed E-state index contributed by atoms with van der Waals surface area (Å²) in [7, 11) is 0. The lowest BCUT2D eigenvalue weighted by Crippen LogP contribution is -2.56. The Hall–Kier alpha value is -2.56. The van der Waals surface area contributed by atoms with Crippen LogP contribution in [0, 0.1) is 5.41 Å². The number of hydrogen-bond acceptors (Lipinski definition) is 7. The zero-order valence-electron chi connectivity index (χ0n) is 21.6. The van der Waals surface area contributed by atoms with E-state index in [1.165, 1.54) is 11.0 Å². The SMILES string of the molecule is CCOC(=O)C(N/C=C1\C(=N)C(C)=C(Br)C=C1C(F)F)C(=O)[C@@H]1CCC(C)(C)N1C(=O)OC(C)(C)C. The summed E-state index contributed by atoms with van der Waals surface area (Å²) < 4.78 is 38.4. The Balaban J connectivity index is 2.44. The number of carbonyl (C=O) groups excluding carboxylic acids is 3. The molecule has 1 fully saturated rings. The number of likely N-dealkylation sites (tertiary alicyclic amines) is 1. The Morgan fingerprint density at radius 2 is 1.94 bits per heavy atom. The summed E-state index contributed by atoms with van der Waals surface area (Å²) in [4.78, 5) is 40.8. The second-order valence-corrected chi connectivity index (χ2v) is 11.1. The quantitative estimate of drug-likeness (QED) is 0.326. The summed E-state index contributed by atoms with van der Waals surface area (Å²) in [5.41, 5.74) is -1.86. The number of alkyl halides is 2. The number of nitrogens with one attached hydrogen (secondary N) is 2. The fourth-order valence-corrected chi connectivity index (χ4v) is 4.54. The van der Waals surface area contributed by atoms with Crippen LogP contribution in [0.1, 0.15) is 61.3 Å². The third kappa shape index (κ3) is 6.60. The van der Waals surface area contributed by atoms with Gasteiger partial charge in [0.25, 0.3) is 6.43 Å². The normalized spacial score (nSPS) is 22.0. The van der Waals surface area contributed by atoms with Gasteiger partial charge in [0.2, 0.25) is 0 Å². The zero-order chi connectivity index (χ0) is 27.6. The highest BCUT2D eigenvalue weighted by atomic mass is 79.9. The van der Waals surface area contributed by atoms with Gasteiger partial charge >= 0.3 is 12.1 Å². The highest BCUT2D eigenvalue weighted by Gasteiger charge is 2.50. The molecule has 1 saturated heterocycles. The van der Waals surface area contributed by atoms with Crippen LogP contribution in [0.15, 0.2) is 33.5 Å². The Kier molecular flexibility index (Phi) is 9.25. The maximum atomic E-state index is 13.7. The van der Waals surface area contributed by atoms with Crippen molar-refractivity contribution in [3.63, 3.8) is 0 Å². The van der Waals surface area contributed by atoms with Crippen molar-refractivity contribution in [3.8, 4) is 0 Å². The molecule has 0 saturated carbocycles. The molecule has 11 heteroatoms. The van der Waals surface area contributed by atoms with E-state index in [2.05, 4.69) is 21.2 Å². The summed E-state index contributed by atoms with van der Waals surface area (Å²) in [6.07, 6.45) is -0.537. The minimum Gasteiger partial charge on any atom is -0.464 e. The van der Waals surface area contributed by atoms with Crippen molar-refractivity contribution < 1.29 is 32.6 Å². The van der Waals surface area contributed by atoms with Gasteiger partial charge in [0, 0.05) is 27.4 Å². The van der Waals surface area contributed by atoms with Gasteiger partial charge in [0.15, 0.2) is 11.8 Å². The predicted molar refractivity (Wildman–Crippen MR) is 135 cm³/mol. The molecule has 2 rings (SSSR count). The minimum atomic E-state index is -2.89. The van der Waals surface area contributed by atoms with Crippen LogP contribution in [0.4, 0.5) is 13.6 Å². The average molecular weight is 574 g/mol. The fourth-order valence-electron chi connectivity index (χ4n) is 4.09. The van der Waals surface area contributed by atoms with Crippen molar-refractivity contribution in [1.82, 2.24) is 10.2 Å². The van der Waals surface area contributed by atoms with E-state index < -0.39 is 53.1 Å². The summed E-state index contributed by atoms with van der Waals surface area (Å²) in [6, 6.07) is -2.58. The molecule has 1 amide bonds. The first-order chi connectivity index (χ1) is 16.5. The molecule has 0 radical (unpaired) electrons. The number of ether oxygens (including phenoxy) is 2. The molecule has 0 aromatic rings. The Morgan fingerprint density at radius 1 is 1.33 bits per heavy atom. The van der Waals surface area contributed by atoms with Gasteiger partial charge in [-0.05, 0) is 73.0 Å². The first-order valence-electron chi connectivity index (χ1n) is 11.7. The van der Waals surface area contributed by atoms with Crippen LogP contribution in [-0.4, -0.2) is 64.7 Å². The maximum Gasteiger partial charge on any atom is 0.411 e. The van der Waals surface area contributed by atoms with Crippen molar-refractivity contribution in [2.24, 2.45) is 0 Å². The summed E-state index contributed by atoms with van der Waals surface area (Å²) in [5.74, 6) is -1.56. The van der Waals surface area contributed by atoms with Gasteiger partial charge in [0.05, 0.1) is 18.4 Å². The van der Waals surface area contributed by atoms with Gasteiger partial charge in [-0.25, -0.2) is 18.4 Å². The van der Waals surface area contributed by atoms with Crippen LogP contribution in [0.2, 0.25) is 0 Å². The smallest absolute Gasteiger partial charge is 0.411 e. The van der Waals surface area contributed by atoms with Gasteiger partial charge in [-0.2, -0.15) is 0 Å². The van der Waals surface area contributed by atoms with Crippen molar-refractivity contribution >= 4 is 39.5 Å². The van der Waals surface area contributed by atoms with Crippen molar-refractivity contribution in [3.05, 3.63) is 33.5 Å². The van der Waals surface area contributed by atoms with Crippen LogP contribution < -0.4 is 5.32 Å². The molecule has 0 spiro atoms. The first-order valence-corrected chi connectivity index (χ1v) is 12.5.